The van der Waals surface area contributed by atoms with Gasteiger partial charge in [-0.3, -0.25) is 9.69 Å². The minimum Gasteiger partial charge on any atom is -0.497 e. The molecular formula is C23H26N2O2. The minimum atomic E-state index is 0.0311. The molecule has 0 bridgehead atoms. The quantitative estimate of drug-likeness (QED) is 0.693. The molecule has 140 valence electrons. The molecular weight excluding hydrogens is 336 g/mol. The van der Waals surface area contributed by atoms with Crippen LogP contribution in [0.1, 0.15) is 16.7 Å². The first kappa shape index (κ1) is 18.9. The number of hydrogen-bond donors (Lipinski definition) is 1. The van der Waals surface area contributed by atoms with Crippen molar-refractivity contribution in [1.29, 1.82) is 0 Å². The second-order valence-electron chi connectivity index (χ2n) is 6.98. The first-order valence-electron chi connectivity index (χ1n) is 9.11. The Labute approximate surface area is 160 Å². The Bertz CT molecular complexity index is 919. The maximum Gasteiger partial charge on any atom is 0.234 e. The fourth-order valence-corrected chi connectivity index (χ4v) is 3.07. The summed E-state index contributed by atoms with van der Waals surface area (Å²) < 4.78 is 5.27. The Balaban J connectivity index is 1.53. The molecule has 3 rings (SSSR count). The van der Waals surface area contributed by atoms with E-state index in [1.54, 1.807) is 7.11 Å². The zero-order valence-electron chi connectivity index (χ0n) is 16.2. The second kappa shape index (κ2) is 8.69. The van der Waals surface area contributed by atoms with Gasteiger partial charge in [0, 0.05) is 13.1 Å². The van der Waals surface area contributed by atoms with Gasteiger partial charge in [-0.25, -0.2) is 0 Å². The fourth-order valence-electron chi connectivity index (χ4n) is 3.07. The summed E-state index contributed by atoms with van der Waals surface area (Å²) in [6.45, 7) is 3.71. The van der Waals surface area contributed by atoms with Gasteiger partial charge in [-0.05, 0) is 54.1 Å². The standard InChI is InChI=1S/C23H26N2O2/c1-17-4-6-18(7-5-17)14-24-23(26)16-25(2)15-19-8-9-21-13-22(27-3)11-10-20(21)12-19/h4-13H,14-16H2,1-3H3,(H,24,26). The van der Waals surface area contributed by atoms with Crippen molar-refractivity contribution in [3.05, 3.63) is 77.4 Å². The van der Waals surface area contributed by atoms with Crippen LogP contribution in [0.4, 0.5) is 0 Å². The average molecular weight is 362 g/mol. The van der Waals surface area contributed by atoms with E-state index >= 15 is 0 Å². The van der Waals surface area contributed by atoms with Crippen LogP contribution in [-0.2, 0) is 17.9 Å². The Hall–Kier alpha value is -2.85. The van der Waals surface area contributed by atoms with Crippen molar-refractivity contribution in [3.8, 4) is 5.75 Å². The Kier molecular flexibility index (Phi) is 6.09. The van der Waals surface area contributed by atoms with Crippen LogP contribution in [0.25, 0.3) is 10.8 Å². The zero-order chi connectivity index (χ0) is 19.2. The Morgan fingerprint density at radius 3 is 2.37 bits per heavy atom. The molecule has 0 radical (unpaired) electrons. The van der Waals surface area contributed by atoms with Crippen molar-refractivity contribution in [2.45, 2.75) is 20.0 Å². The summed E-state index contributed by atoms with van der Waals surface area (Å²) in [4.78, 5) is 14.2. The van der Waals surface area contributed by atoms with Crippen molar-refractivity contribution < 1.29 is 9.53 Å². The highest BCUT2D eigenvalue weighted by Crippen LogP contribution is 2.22. The highest BCUT2D eigenvalue weighted by atomic mass is 16.5. The SMILES string of the molecule is COc1ccc2cc(CN(C)CC(=O)NCc3ccc(C)cc3)ccc2c1. The van der Waals surface area contributed by atoms with Gasteiger partial charge in [0.15, 0.2) is 0 Å². The highest BCUT2D eigenvalue weighted by molar-refractivity contribution is 5.84. The maximum absolute atomic E-state index is 12.2. The van der Waals surface area contributed by atoms with Crippen molar-refractivity contribution in [1.82, 2.24) is 10.2 Å². The molecule has 0 aliphatic heterocycles. The molecule has 0 atom stereocenters. The molecule has 1 amide bonds. The predicted molar refractivity (Wildman–Crippen MR) is 110 cm³/mol. The summed E-state index contributed by atoms with van der Waals surface area (Å²) in [7, 11) is 3.64. The van der Waals surface area contributed by atoms with E-state index in [0.717, 1.165) is 23.2 Å². The fraction of sp³-hybridized carbons (Fsp3) is 0.261. The summed E-state index contributed by atoms with van der Waals surface area (Å²) in [6, 6.07) is 20.6. The number of nitrogens with zero attached hydrogens (tertiary/aromatic N) is 1. The first-order valence-corrected chi connectivity index (χ1v) is 9.11. The van der Waals surface area contributed by atoms with E-state index < -0.39 is 0 Å². The van der Waals surface area contributed by atoms with E-state index in [9.17, 15) is 4.79 Å². The molecule has 27 heavy (non-hydrogen) atoms. The number of benzene rings is 3. The predicted octanol–water partition coefficient (Wildman–Crippen LogP) is 3.91. The monoisotopic (exact) mass is 362 g/mol. The number of amides is 1. The van der Waals surface area contributed by atoms with Crippen LogP contribution >= 0.6 is 0 Å². The highest BCUT2D eigenvalue weighted by Gasteiger charge is 2.08. The molecule has 0 aliphatic rings. The molecule has 4 nitrogen and oxygen atoms in total. The van der Waals surface area contributed by atoms with Crippen molar-refractivity contribution in [2.75, 3.05) is 20.7 Å². The van der Waals surface area contributed by atoms with Crippen LogP contribution in [0.3, 0.4) is 0 Å². The number of likely N-dealkylation sites (N-methyl/N-ethyl adjacent to an activating group) is 1. The number of rotatable bonds is 7. The summed E-state index contributed by atoms with van der Waals surface area (Å²) >= 11 is 0. The third kappa shape index (κ3) is 5.31. The normalized spacial score (nSPS) is 11.0. The van der Waals surface area contributed by atoms with E-state index in [1.165, 1.54) is 16.5 Å². The molecule has 0 saturated heterocycles. The molecule has 0 spiro atoms. The van der Waals surface area contributed by atoms with Gasteiger partial charge in [-0.15, -0.1) is 0 Å². The Morgan fingerprint density at radius 2 is 1.63 bits per heavy atom. The number of methoxy groups -OCH3 is 1. The molecule has 0 unspecified atom stereocenters. The third-order valence-electron chi connectivity index (χ3n) is 4.59. The van der Waals surface area contributed by atoms with Crippen LogP contribution in [0, 0.1) is 6.92 Å². The average Bonchev–Trinajstić information content (AvgIpc) is 2.67. The largest absolute Gasteiger partial charge is 0.497 e. The molecule has 0 aromatic heterocycles. The maximum atomic E-state index is 12.2. The van der Waals surface area contributed by atoms with Gasteiger partial charge >= 0.3 is 0 Å². The van der Waals surface area contributed by atoms with Gasteiger partial charge in [-0.1, -0.05) is 48.0 Å². The molecule has 1 N–H and O–H groups in total. The van der Waals surface area contributed by atoms with E-state index in [1.807, 2.05) is 36.2 Å². The molecule has 0 aliphatic carbocycles. The number of fused-ring (bicyclic) bond motifs is 1. The van der Waals surface area contributed by atoms with E-state index in [-0.39, 0.29) is 5.91 Å². The van der Waals surface area contributed by atoms with Crippen LogP contribution < -0.4 is 10.1 Å². The smallest absolute Gasteiger partial charge is 0.234 e. The number of nitrogens with one attached hydrogen (secondary N) is 1. The third-order valence-corrected chi connectivity index (χ3v) is 4.59. The Morgan fingerprint density at radius 1 is 0.963 bits per heavy atom. The topological polar surface area (TPSA) is 41.6 Å². The lowest BCUT2D eigenvalue weighted by molar-refractivity contribution is -0.122. The number of carbonyl (C=O) groups excluding carboxylic acids is 1. The van der Waals surface area contributed by atoms with Crippen molar-refractivity contribution in [3.63, 3.8) is 0 Å². The van der Waals surface area contributed by atoms with Gasteiger partial charge in [-0.2, -0.15) is 0 Å². The molecule has 3 aromatic rings. The van der Waals surface area contributed by atoms with E-state index in [2.05, 4.69) is 48.6 Å². The number of aryl methyl sites for hydroxylation is 1. The minimum absolute atomic E-state index is 0.0311. The molecule has 3 aromatic carbocycles. The lowest BCUT2D eigenvalue weighted by Gasteiger charge is -2.17. The molecule has 0 saturated carbocycles. The molecule has 4 heteroatoms. The molecule has 0 heterocycles. The van der Waals surface area contributed by atoms with Gasteiger partial charge in [0.25, 0.3) is 0 Å². The van der Waals surface area contributed by atoms with Crippen LogP contribution in [0.5, 0.6) is 5.75 Å². The number of ether oxygens (including phenoxy) is 1. The number of hydrogen-bond acceptors (Lipinski definition) is 3. The van der Waals surface area contributed by atoms with Gasteiger partial charge in [0.1, 0.15) is 5.75 Å². The van der Waals surface area contributed by atoms with Crippen LogP contribution in [-0.4, -0.2) is 31.5 Å². The summed E-state index contributed by atoms with van der Waals surface area (Å²) in [5, 5.41) is 5.30. The van der Waals surface area contributed by atoms with Crippen LogP contribution in [0.15, 0.2) is 60.7 Å². The second-order valence-corrected chi connectivity index (χ2v) is 6.98. The van der Waals surface area contributed by atoms with Gasteiger partial charge in [0.05, 0.1) is 13.7 Å². The van der Waals surface area contributed by atoms with E-state index in [4.69, 9.17) is 4.74 Å². The van der Waals surface area contributed by atoms with Gasteiger partial charge in [0.2, 0.25) is 5.91 Å². The van der Waals surface area contributed by atoms with E-state index in [0.29, 0.717) is 13.1 Å². The van der Waals surface area contributed by atoms with Crippen molar-refractivity contribution in [2.24, 2.45) is 0 Å². The lowest BCUT2D eigenvalue weighted by atomic mass is 10.1. The number of carbonyl (C=O) groups is 1. The molecule has 0 fully saturated rings. The summed E-state index contributed by atoms with van der Waals surface area (Å²) in [5.41, 5.74) is 3.52. The zero-order valence-corrected chi connectivity index (χ0v) is 16.2. The van der Waals surface area contributed by atoms with Crippen molar-refractivity contribution >= 4 is 16.7 Å². The van der Waals surface area contributed by atoms with Gasteiger partial charge < -0.3 is 10.1 Å². The first-order chi connectivity index (χ1) is 13.0. The van der Waals surface area contributed by atoms with Crippen LogP contribution in [0.2, 0.25) is 0 Å². The lowest BCUT2D eigenvalue weighted by Crippen LogP contribution is -2.34. The summed E-state index contributed by atoms with van der Waals surface area (Å²) in [6.07, 6.45) is 0. The summed E-state index contributed by atoms with van der Waals surface area (Å²) in [5.74, 6) is 0.890.